The van der Waals surface area contributed by atoms with Gasteiger partial charge in [-0.05, 0) is 79.8 Å². The zero-order chi connectivity index (χ0) is 29.0. The molecule has 206 valence electrons. The number of aromatic nitrogens is 1. The summed E-state index contributed by atoms with van der Waals surface area (Å²) in [5, 5.41) is 9.99. The van der Waals surface area contributed by atoms with Gasteiger partial charge in [0.1, 0.15) is 4.83 Å². The molecule has 9 rings (SSSR count). The third-order valence-corrected chi connectivity index (χ3v) is 9.80. The van der Waals surface area contributed by atoms with Crippen molar-refractivity contribution in [3.8, 4) is 11.1 Å². The van der Waals surface area contributed by atoms with Gasteiger partial charge >= 0.3 is 0 Å². The van der Waals surface area contributed by atoms with Crippen molar-refractivity contribution in [2.75, 3.05) is 4.90 Å². The fourth-order valence-corrected chi connectivity index (χ4v) is 7.69. The maximum Gasteiger partial charge on any atom is 0.126 e. The number of hydrogen-bond acceptors (Lipinski definition) is 3. The van der Waals surface area contributed by atoms with Crippen LogP contribution >= 0.6 is 11.3 Å². The highest BCUT2D eigenvalue weighted by molar-refractivity contribution is 7.25. The fraction of sp³-hybridized carbons (Fsp3) is 0. The molecule has 0 spiro atoms. The second-order valence-corrected chi connectivity index (χ2v) is 12.2. The zero-order valence-corrected chi connectivity index (χ0v) is 24.6. The van der Waals surface area contributed by atoms with Crippen LogP contribution in [-0.4, -0.2) is 4.98 Å². The van der Waals surface area contributed by atoms with Crippen LogP contribution in [0.1, 0.15) is 0 Å². The molecule has 0 aliphatic rings. The Hall–Kier alpha value is -5.51. The summed E-state index contributed by atoms with van der Waals surface area (Å²) < 4.78 is 1.25. The molecule has 0 unspecified atom stereocenters. The SMILES string of the molecule is c1ccc(-c2ccc(N(c3ccc4ccc5c6ccccc6ccc5c4c3)c3ccnc4sc5ccccc5c34)cc2)cc1. The van der Waals surface area contributed by atoms with Crippen molar-refractivity contribution in [1.82, 2.24) is 4.98 Å². The normalized spacial score (nSPS) is 11.6. The third-order valence-electron chi connectivity index (χ3n) is 8.72. The van der Waals surface area contributed by atoms with E-state index in [1.807, 2.05) is 6.20 Å². The van der Waals surface area contributed by atoms with Crippen molar-refractivity contribution < 1.29 is 0 Å². The largest absolute Gasteiger partial charge is 0.310 e. The minimum atomic E-state index is 1.05. The van der Waals surface area contributed by atoms with Gasteiger partial charge in [-0.3, -0.25) is 0 Å². The highest BCUT2D eigenvalue weighted by atomic mass is 32.1. The van der Waals surface area contributed by atoms with E-state index >= 15 is 0 Å². The summed E-state index contributed by atoms with van der Waals surface area (Å²) >= 11 is 1.75. The Bertz CT molecular complexity index is 2490. The van der Waals surface area contributed by atoms with Crippen LogP contribution < -0.4 is 4.90 Å². The predicted molar refractivity (Wildman–Crippen MR) is 190 cm³/mol. The topological polar surface area (TPSA) is 16.1 Å². The molecule has 2 heterocycles. The summed E-state index contributed by atoms with van der Waals surface area (Å²) in [4.78, 5) is 8.26. The highest BCUT2D eigenvalue weighted by Crippen LogP contribution is 2.45. The molecule has 0 bridgehead atoms. The van der Waals surface area contributed by atoms with Crippen molar-refractivity contribution in [2.45, 2.75) is 0 Å². The molecule has 0 radical (unpaired) electrons. The Morgan fingerprint density at radius 1 is 0.455 bits per heavy atom. The number of anilines is 3. The first kappa shape index (κ1) is 25.0. The minimum Gasteiger partial charge on any atom is -0.310 e. The molecule has 2 nitrogen and oxygen atoms in total. The minimum absolute atomic E-state index is 1.05. The summed E-state index contributed by atoms with van der Waals surface area (Å²) in [5.41, 5.74) is 5.77. The van der Waals surface area contributed by atoms with Crippen molar-refractivity contribution >= 4 is 81.0 Å². The summed E-state index contributed by atoms with van der Waals surface area (Å²) in [6.07, 6.45) is 1.95. The van der Waals surface area contributed by atoms with Crippen LogP contribution in [0.3, 0.4) is 0 Å². The van der Waals surface area contributed by atoms with E-state index in [1.54, 1.807) is 11.3 Å². The van der Waals surface area contributed by atoms with Crippen LogP contribution in [0.15, 0.2) is 158 Å². The molecule has 0 N–H and O–H groups in total. The molecule has 0 aliphatic heterocycles. The average Bonchev–Trinajstić information content (AvgIpc) is 3.48. The molecule has 0 fully saturated rings. The first-order chi connectivity index (χ1) is 21.8. The van der Waals surface area contributed by atoms with Gasteiger partial charge in [0.15, 0.2) is 0 Å². The van der Waals surface area contributed by atoms with Crippen molar-refractivity contribution in [1.29, 1.82) is 0 Å². The lowest BCUT2D eigenvalue weighted by molar-refractivity contribution is 1.29. The quantitative estimate of drug-likeness (QED) is 0.193. The van der Waals surface area contributed by atoms with Gasteiger partial charge < -0.3 is 4.90 Å². The maximum atomic E-state index is 4.81. The molecule has 0 saturated carbocycles. The second kappa shape index (κ2) is 10.0. The Labute approximate surface area is 259 Å². The number of nitrogens with zero attached hydrogens (tertiary/aromatic N) is 2. The average molecular weight is 579 g/mol. The van der Waals surface area contributed by atoms with E-state index in [9.17, 15) is 0 Å². The van der Waals surface area contributed by atoms with Crippen LogP contribution in [0.5, 0.6) is 0 Å². The monoisotopic (exact) mass is 578 g/mol. The van der Waals surface area contributed by atoms with E-state index in [2.05, 4.69) is 157 Å². The third kappa shape index (κ3) is 3.98. The molecule has 9 aromatic rings. The number of pyridine rings is 1. The Morgan fingerprint density at radius 3 is 1.93 bits per heavy atom. The highest BCUT2D eigenvalue weighted by Gasteiger charge is 2.20. The van der Waals surface area contributed by atoms with E-state index in [1.165, 1.54) is 58.9 Å². The van der Waals surface area contributed by atoms with Gasteiger partial charge in [0.05, 0.1) is 5.69 Å². The fourth-order valence-electron chi connectivity index (χ4n) is 6.62. The lowest BCUT2D eigenvalue weighted by Gasteiger charge is -2.27. The van der Waals surface area contributed by atoms with E-state index in [-0.39, 0.29) is 0 Å². The van der Waals surface area contributed by atoms with Crippen LogP contribution in [0, 0.1) is 0 Å². The smallest absolute Gasteiger partial charge is 0.126 e. The summed E-state index contributed by atoms with van der Waals surface area (Å²) in [7, 11) is 0. The van der Waals surface area contributed by atoms with Crippen molar-refractivity contribution in [3.63, 3.8) is 0 Å². The molecular formula is C41H26N2S. The van der Waals surface area contributed by atoms with Crippen molar-refractivity contribution in [2.24, 2.45) is 0 Å². The lowest BCUT2D eigenvalue weighted by Crippen LogP contribution is -2.10. The van der Waals surface area contributed by atoms with Gasteiger partial charge in [-0.25, -0.2) is 4.98 Å². The number of rotatable bonds is 4. The number of hydrogen-bond donors (Lipinski definition) is 0. The van der Waals surface area contributed by atoms with E-state index in [0.29, 0.717) is 0 Å². The van der Waals surface area contributed by atoms with E-state index in [4.69, 9.17) is 4.98 Å². The molecule has 44 heavy (non-hydrogen) atoms. The molecule has 0 saturated heterocycles. The summed E-state index contributed by atoms with van der Waals surface area (Å²) in [6.45, 7) is 0. The lowest BCUT2D eigenvalue weighted by atomic mass is 9.96. The van der Waals surface area contributed by atoms with Gasteiger partial charge in [-0.2, -0.15) is 0 Å². The zero-order valence-electron chi connectivity index (χ0n) is 23.8. The summed E-state index contributed by atoms with van der Waals surface area (Å²) in [6, 6.07) is 54.9. The molecule has 0 aliphatic carbocycles. The second-order valence-electron chi connectivity index (χ2n) is 11.2. The molecule has 7 aromatic carbocycles. The Kier molecular flexibility index (Phi) is 5.71. The van der Waals surface area contributed by atoms with Crippen LogP contribution in [0.4, 0.5) is 17.1 Å². The van der Waals surface area contributed by atoms with E-state index < -0.39 is 0 Å². The number of benzene rings is 7. The van der Waals surface area contributed by atoms with Crippen LogP contribution in [0.2, 0.25) is 0 Å². The first-order valence-electron chi connectivity index (χ1n) is 14.9. The van der Waals surface area contributed by atoms with Crippen LogP contribution in [-0.2, 0) is 0 Å². The predicted octanol–water partition coefficient (Wildman–Crippen LogP) is 12.0. The summed E-state index contributed by atoms with van der Waals surface area (Å²) in [5.74, 6) is 0. The van der Waals surface area contributed by atoms with Gasteiger partial charge in [-0.15, -0.1) is 11.3 Å². The maximum absolute atomic E-state index is 4.81. The number of thiophene rings is 1. The van der Waals surface area contributed by atoms with E-state index in [0.717, 1.165) is 21.9 Å². The standard InChI is InChI=1S/C41H26N2S/c1-2-8-27(9-3-1)28-14-19-31(20-15-28)43(38-24-25-42-41-40(38)36-12-6-7-13-39(36)44-41)32-21-16-30-18-22-34-33-11-5-4-10-29(33)17-23-35(34)37(30)26-32/h1-26H. The molecule has 2 aromatic heterocycles. The molecule has 3 heteroatoms. The van der Waals surface area contributed by atoms with Gasteiger partial charge in [-0.1, -0.05) is 115 Å². The first-order valence-corrected chi connectivity index (χ1v) is 15.7. The van der Waals surface area contributed by atoms with Gasteiger partial charge in [0.2, 0.25) is 0 Å². The molecular weight excluding hydrogens is 553 g/mol. The Balaban J connectivity index is 1.30. The van der Waals surface area contributed by atoms with Gasteiger partial charge in [0.25, 0.3) is 0 Å². The molecule has 0 atom stereocenters. The van der Waals surface area contributed by atoms with Crippen LogP contribution in [0.25, 0.3) is 63.7 Å². The molecule has 0 amide bonds. The van der Waals surface area contributed by atoms with Crippen molar-refractivity contribution in [3.05, 3.63) is 158 Å². The van der Waals surface area contributed by atoms with Gasteiger partial charge in [0, 0.05) is 33.0 Å². The number of fused-ring (bicyclic) bond motifs is 8. The Morgan fingerprint density at radius 2 is 1.09 bits per heavy atom.